The lowest BCUT2D eigenvalue weighted by Gasteiger charge is -1.99. The molecule has 0 amide bonds. The van der Waals surface area contributed by atoms with Crippen molar-refractivity contribution < 1.29 is 8.42 Å². The molecule has 0 fully saturated rings. The molecule has 14 heavy (non-hydrogen) atoms. The summed E-state index contributed by atoms with van der Waals surface area (Å²) in [6.07, 6.45) is 0. The molecule has 0 bridgehead atoms. The fourth-order valence-electron chi connectivity index (χ4n) is 0.917. The second-order valence-corrected chi connectivity index (χ2v) is 5.20. The molecule has 0 aliphatic carbocycles. The van der Waals surface area contributed by atoms with Crippen molar-refractivity contribution in [2.45, 2.75) is 9.79 Å². The molecule has 4 heteroatoms. The molecule has 2 nitrogen and oxygen atoms in total. The fourth-order valence-corrected chi connectivity index (χ4v) is 2.29. The summed E-state index contributed by atoms with van der Waals surface area (Å²) in [5.41, 5.74) is 0. The van der Waals surface area contributed by atoms with Crippen LogP contribution in [0.4, 0.5) is 0 Å². The smallest absolute Gasteiger partial charge is 0.0770 e. The van der Waals surface area contributed by atoms with E-state index in [0.29, 0.717) is 9.79 Å². The topological polar surface area (TPSA) is 34.1 Å². The van der Waals surface area contributed by atoms with Crippen molar-refractivity contribution in [2.24, 2.45) is 0 Å². The van der Waals surface area contributed by atoms with Gasteiger partial charge >= 0.3 is 0 Å². The summed E-state index contributed by atoms with van der Waals surface area (Å²) >= 11 is 0. The molecule has 0 heterocycles. The number of rotatable bonds is 4. The largest absolute Gasteiger partial charge is 0.250 e. The van der Waals surface area contributed by atoms with Crippen molar-refractivity contribution in [2.75, 3.05) is 0 Å². The molecular weight excluding hydrogens is 216 g/mol. The molecule has 1 rings (SSSR count). The summed E-state index contributed by atoms with van der Waals surface area (Å²) in [7, 11) is -2.45. The average Bonchev–Trinajstić information content (AvgIpc) is 2.27. The zero-order chi connectivity index (χ0) is 10.6. The molecule has 1 aromatic carbocycles. The van der Waals surface area contributed by atoms with E-state index in [1.807, 2.05) is 0 Å². The molecule has 0 saturated heterocycles. The Hall–Kier alpha value is -1.00. The van der Waals surface area contributed by atoms with Crippen molar-refractivity contribution in [1.29, 1.82) is 0 Å². The van der Waals surface area contributed by atoms with E-state index in [9.17, 15) is 8.42 Å². The molecule has 0 saturated carbocycles. The van der Waals surface area contributed by atoms with E-state index >= 15 is 0 Å². The van der Waals surface area contributed by atoms with Crippen LogP contribution in [0.25, 0.3) is 0 Å². The van der Waals surface area contributed by atoms with Gasteiger partial charge in [0.1, 0.15) is 0 Å². The maximum atomic E-state index is 11.3. The fraction of sp³-hybridized carbons (Fsp3) is 0. The van der Waals surface area contributed by atoms with E-state index in [1.165, 1.54) is 10.8 Å². The highest BCUT2D eigenvalue weighted by atomic mass is 32.2. The van der Waals surface area contributed by atoms with Gasteiger partial charge < -0.3 is 0 Å². The van der Waals surface area contributed by atoms with Crippen LogP contribution in [0.15, 0.2) is 58.0 Å². The van der Waals surface area contributed by atoms with Crippen molar-refractivity contribution in [3.63, 3.8) is 0 Å². The Morgan fingerprint density at radius 2 is 1.43 bits per heavy atom. The normalized spacial score (nSPS) is 14.3. The van der Waals surface area contributed by atoms with Crippen LogP contribution in [0, 0.1) is 0 Å². The SMILES string of the molecule is C=CS(=O)c1cccc(S(=O)C=C)c1. The highest BCUT2D eigenvalue weighted by Crippen LogP contribution is 2.13. The summed E-state index contributed by atoms with van der Waals surface area (Å²) in [4.78, 5) is 1.21. The first-order valence-electron chi connectivity index (χ1n) is 3.85. The third kappa shape index (κ3) is 2.49. The molecule has 0 radical (unpaired) electrons. The quantitative estimate of drug-likeness (QED) is 0.788. The minimum Gasteiger partial charge on any atom is -0.250 e. The first kappa shape index (κ1) is 11.1. The van der Waals surface area contributed by atoms with Gasteiger partial charge in [-0.05, 0) is 18.2 Å². The van der Waals surface area contributed by atoms with E-state index < -0.39 is 21.6 Å². The van der Waals surface area contributed by atoms with Crippen molar-refractivity contribution in [3.05, 3.63) is 48.2 Å². The van der Waals surface area contributed by atoms with Gasteiger partial charge in [-0.3, -0.25) is 0 Å². The maximum absolute atomic E-state index is 11.3. The van der Waals surface area contributed by atoms with Crippen LogP contribution in [-0.4, -0.2) is 8.42 Å². The van der Waals surface area contributed by atoms with Gasteiger partial charge in [0.05, 0.1) is 21.6 Å². The Bertz CT molecular complexity index is 375. The first-order chi connectivity index (χ1) is 6.69. The lowest BCUT2D eigenvalue weighted by Crippen LogP contribution is -1.90. The predicted molar refractivity (Wildman–Crippen MR) is 59.7 cm³/mol. The van der Waals surface area contributed by atoms with Crippen LogP contribution in [-0.2, 0) is 21.6 Å². The van der Waals surface area contributed by atoms with Gasteiger partial charge in [0, 0.05) is 20.6 Å². The Morgan fingerprint density at radius 3 is 1.79 bits per heavy atom. The highest BCUT2D eigenvalue weighted by molar-refractivity contribution is 7.88. The molecule has 2 atom stereocenters. The second kappa shape index (κ2) is 5.02. The monoisotopic (exact) mass is 226 g/mol. The minimum absolute atomic E-state index is 0.604. The Morgan fingerprint density at radius 1 is 1.00 bits per heavy atom. The van der Waals surface area contributed by atoms with Gasteiger partial charge in [0.15, 0.2) is 0 Å². The van der Waals surface area contributed by atoms with Crippen LogP contribution in [0.5, 0.6) is 0 Å². The van der Waals surface area contributed by atoms with E-state index in [-0.39, 0.29) is 0 Å². The van der Waals surface area contributed by atoms with Gasteiger partial charge in [0.25, 0.3) is 0 Å². The second-order valence-electron chi connectivity index (χ2n) is 2.40. The first-order valence-corrected chi connectivity index (χ1v) is 6.28. The standard InChI is InChI=1S/C10H10O2S2/c1-3-13(11)9-6-5-7-10(8-9)14(12)4-2/h3-8H,1-2H2. The van der Waals surface area contributed by atoms with Crippen LogP contribution < -0.4 is 0 Å². The zero-order valence-electron chi connectivity index (χ0n) is 7.51. The van der Waals surface area contributed by atoms with Gasteiger partial charge in [-0.2, -0.15) is 0 Å². The van der Waals surface area contributed by atoms with E-state index in [1.54, 1.807) is 24.3 Å². The Kier molecular flexibility index (Phi) is 3.98. The molecule has 2 unspecified atom stereocenters. The summed E-state index contributed by atoms with van der Waals surface area (Å²) < 4.78 is 22.7. The third-order valence-electron chi connectivity index (χ3n) is 1.57. The van der Waals surface area contributed by atoms with Gasteiger partial charge in [0.2, 0.25) is 0 Å². The number of hydrogen-bond acceptors (Lipinski definition) is 2. The van der Waals surface area contributed by atoms with Gasteiger partial charge in [-0.15, -0.1) is 0 Å². The van der Waals surface area contributed by atoms with Gasteiger partial charge in [-0.1, -0.05) is 19.2 Å². The molecule has 0 aliphatic rings. The van der Waals surface area contributed by atoms with E-state index in [2.05, 4.69) is 13.2 Å². The van der Waals surface area contributed by atoms with Crippen molar-refractivity contribution in [1.82, 2.24) is 0 Å². The van der Waals surface area contributed by atoms with Crippen LogP contribution in [0.3, 0.4) is 0 Å². The highest BCUT2D eigenvalue weighted by Gasteiger charge is 2.03. The molecule has 0 aliphatic heterocycles. The maximum Gasteiger partial charge on any atom is 0.0770 e. The lowest BCUT2D eigenvalue weighted by atomic mass is 10.4. The molecular formula is C10H10O2S2. The molecule has 0 N–H and O–H groups in total. The average molecular weight is 226 g/mol. The van der Waals surface area contributed by atoms with Crippen LogP contribution in [0.2, 0.25) is 0 Å². The van der Waals surface area contributed by atoms with E-state index in [0.717, 1.165) is 0 Å². The minimum atomic E-state index is -1.22. The summed E-state index contributed by atoms with van der Waals surface area (Å²) in [6.45, 7) is 6.87. The Labute approximate surface area is 88.3 Å². The molecule has 1 aromatic rings. The van der Waals surface area contributed by atoms with Crippen LogP contribution in [0.1, 0.15) is 0 Å². The predicted octanol–water partition coefficient (Wildman–Crippen LogP) is 2.19. The van der Waals surface area contributed by atoms with E-state index in [4.69, 9.17) is 0 Å². The summed E-state index contributed by atoms with van der Waals surface area (Å²) in [6, 6.07) is 6.77. The number of benzene rings is 1. The van der Waals surface area contributed by atoms with Crippen molar-refractivity contribution >= 4 is 21.6 Å². The Balaban J connectivity index is 3.12. The van der Waals surface area contributed by atoms with Crippen molar-refractivity contribution in [3.8, 4) is 0 Å². The van der Waals surface area contributed by atoms with Gasteiger partial charge in [-0.25, -0.2) is 8.42 Å². The lowest BCUT2D eigenvalue weighted by molar-refractivity contribution is 0.687. The number of hydrogen-bond donors (Lipinski definition) is 0. The third-order valence-corrected chi connectivity index (χ3v) is 3.62. The summed E-state index contributed by atoms with van der Waals surface area (Å²) in [5.74, 6) is 0. The molecule has 0 aromatic heterocycles. The zero-order valence-corrected chi connectivity index (χ0v) is 9.14. The van der Waals surface area contributed by atoms with Crippen LogP contribution >= 0.6 is 0 Å². The molecule has 0 spiro atoms. The molecule has 74 valence electrons. The summed E-state index contributed by atoms with van der Waals surface area (Å²) in [5, 5.41) is 2.69.